The van der Waals surface area contributed by atoms with E-state index < -0.39 is 11.6 Å². The maximum absolute atomic E-state index is 12.5. The quantitative estimate of drug-likeness (QED) is 0.663. The highest BCUT2D eigenvalue weighted by atomic mass is 16.5. The van der Waals surface area contributed by atoms with Gasteiger partial charge in [0.25, 0.3) is 5.56 Å². The summed E-state index contributed by atoms with van der Waals surface area (Å²) in [6.45, 7) is 8.54. The van der Waals surface area contributed by atoms with Crippen molar-refractivity contribution in [2.24, 2.45) is 7.05 Å². The van der Waals surface area contributed by atoms with Crippen molar-refractivity contribution >= 4 is 11.5 Å². The third-order valence-electron chi connectivity index (χ3n) is 3.64. The van der Waals surface area contributed by atoms with E-state index in [4.69, 9.17) is 4.74 Å². The van der Waals surface area contributed by atoms with Gasteiger partial charge < -0.3 is 14.4 Å². The van der Waals surface area contributed by atoms with Gasteiger partial charge in [-0.05, 0) is 34.6 Å². The molecule has 0 aromatic carbocycles. The summed E-state index contributed by atoms with van der Waals surface area (Å²) in [5.74, 6) is 5.21. The van der Waals surface area contributed by atoms with Crippen LogP contribution in [0.3, 0.4) is 0 Å². The molecule has 0 amide bonds. The van der Waals surface area contributed by atoms with E-state index in [0.29, 0.717) is 28.7 Å². The Labute approximate surface area is 142 Å². The lowest BCUT2D eigenvalue weighted by atomic mass is 10.00. The van der Waals surface area contributed by atoms with Crippen LogP contribution in [0.2, 0.25) is 0 Å². The number of nitrogens with zero attached hydrogens (tertiary/aromatic N) is 1. The van der Waals surface area contributed by atoms with Crippen molar-refractivity contribution in [2.75, 3.05) is 0 Å². The highest BCUT2D eigenvalue weighted by molar-refractivity contribution is 6.20. The molecular formula is C19H23NO4. The van der Waals surface area contributed by atoms with Crippen LogP contribution in [-0.2, 0) is 23.0 Å². The van der Waals surface area contributed by atoms with E-state index >= 15 is 0 Å². The maximum Gasteiger partial charge on any atom is 0.339 e. The van der Waals surface area contributed by atoms with Crippen LogP contribution in [0.4, 0.5) is 0 Å². The summed E-state index contributed by atoms with van der Waals surface area (Å²) in [6, 6.07) is 0. The number of hydrogen-bond donors (Lipinski definition) is 1. The number of carbonyl (C=O) groups excluding carboxylic acids is 1. The number of aliphatic hydroxyl groups is 1. The summed E-state index contributed by atoms with van der Waals surface area (Å²) in [6.07, 6.45) is 1.75. The second-order valence-corrected chi connectivity index (χ2v) is 6.91. The predicted octanol–water partition coefficient (Wildman–Crippen LogP) is 1.79. The molecule has 0 atom stereocenters. The largest absolute Gasteiger partial charge is 0.459 e. The molecule has 1 aromatic rings. The molecular weight excluding hydrogens is 306 g/mol. The van der Waals surface area contributed by atoms with Gasteiger partial charge in [-0.3, -0.25) is 4.79 Å². The van der Waals surface area contributed by atoms with Crippen molar-refractivity contribution in [3.63, 3.8) is 0 Å². The van der Waals surface area contributed by atoms with E-state index in [9.17, 15) is 14.7 Å². The number of aryl methyl sites for hydroxylation is 1. The Morgan fingerprint density at radius 3 is 2.58 bits per heavy atom. The summed E-state index contributed by atoms with van der Waals surface area (Å²) in [4.78, 5) is 24.9. The lowest BCUT2D eigenvalue weighted by Crippen LogP contribution is -2.23. The van der Waals surface area contributed by atoms with Crippen LogP contribution in [0.15, 0.2) is 16.6 Å². The van der Waals surface area contributed by atoms with E-state index in [2.05, 4.69) is 11.8 Å². The third-order valence-corrected chi connectivity index (χ3v) is 3.64. The number of pyridine rings is 1. The van der Waals surface area contributed by atoms with Crippen LogP contribution in [0.1, 0.15) is 51.3 Å². The van der Waals surface area contributed by atoms with E-state index in [1.807, 2.05) is 6.92 Å². The fourth-order valence-corrected chi connectivity index (χ4v) is 2.68. The molecule has 128 valence electrons. The van der Waals surface area contributed by atoms with Gasteiger partial charge in [0.15, 0.2) is 0 Å². The number of ether oxygens (including phenoxy) is 1. The molecule has 1 aliphatic carbocycles. The summed E-state index contributed by atoms with van der Waals surface area (Å²) in [5.41, 5.74) is 1.53. The van der Waals surface area contributed by atoms with Gasteiger partial charge >= 0.3 is 5.97 Å². The highest BCUT2D eigenvalue weighted by Crippen LogP contribution is 2.34. The van der Waals surface area contributed by atoms with E-state index in [1.54, 1.807) is 40.9 Å². The van der Waals surface area contributed by atoms with E-state index in [-0.39, 0.29) is 11.7 Å². The molecule has 1 aromatic heterocycles. The predicted molar refractivity (Wildman–Crippen MR) is 92.4 cm³/mol. The van der Waals surface area contributed by atoms with Gasteiger partial charge in [-0.2, -0.15) is 0 Å². The molecule has 5 heteroatoms. The first-order valence-corrected chi connectivity index (χ1v) is 7.90. The second-order valence-electron chi connectivity index (χ2n) is 6.91. The van der Waals surface area contributed by atoms with Gasteiger partial charge in [0.2, 0.25) is 0 Å². The molecule has 0 bridgehead atoms. The Bertz CT molecular complexity index is 839. The zero-order valence-electron chi connectivity index (χ0n) is 15.0. The fourth-order valence-electron chi connectivity index (χ4n) is 2.68. The highest BCUT2D eigenvalue weighted by Gasteiger charge is 2.31. The standard InChI is InChI=1S/C19H23NO4/c1-11(2)24-18(22)15-12(3)9-14-16(15)13(7-8-19(4,5)23)10-20(6)17(14)21/h10-11,23H,9H2,1-6H3. The Morgan fingerprint density at radius 2 is 2.04 bits per heavy atom. The summed E-state index contributed by atoms with van der Waals surface area (Å²) < 4.78 is 6.78. The lowest BCUT2D eigenvalue weighted by Gasteiger charge is -2.13. The number of fused-ring (bicyclic) bond motifs is 1. The molecule has 1 aliphatic rings. The molecule has 2 rings (SSSR count). The van der Waals surface area contributed by atoms with E-state index in [1.165, 1.54) is 4.57 Å². The first-order chi connectivity index (χ1) is 11.0. The van der Waals surface area contributed by atoms with Crippen LogP contribution in [0.5, 0.6) is 0 Å². The van der Waals surface area contributed by atoms with Gasteiger partial charge in [0.1, 0.15) is 5.60 Å². The van der Waals surface area contributed by atoms with E-state index in [0.717, 1.165) is 5.57 Å². The molecule has 0 unspecified atom stereocenters. The minimum absolute atomic E-state index is 0.148. The summed E-state index contributed by atoms with van der Waals surface area (Å²) in [7, 11) is 1.65. The van der Waals surface area contributed by atoms with Crippen LogP contribution in [0, 0.1) is 11.8 Å². The zero-order valence-corrected chi connectivity index (χ0v) is 15.0. The molecule has 1 N–H and O–H groups in total. The molecule has 0 saturated carbocycles. The van der Waals surface area contributed by atoms with Gasteiger partial charge in [0.05, 0.1) is 11.7 Å². The molecule has 0 radical (unpaired) electrons. The molecule has 5 nitrogen and oxygen atoms in total. The van der Waals surface area contributed by atoms with Crippen LogP contribution >= 0.6 is 0 Å². The van der Waals surface area contributed by atoms with Crippen molar-refractivity contribution in [1.82, 2.24) is 4.57 Å². The maximum atomic E-state index is 12.5. The first kappa shape index (κ1) is 18.0. The number of hydrogen-bond acceptors (Lipinski definition) is 4. The first-order valence-electron chi connectivity index (χ1n) is 7.90. The topological polar surface area (TPSA) is 68.5 Å². The molecule has 24 heavy (non-hydrogen) atoms. The summed E-state index contributed by atoms with van der Waals surface area (Å²) in [5, 5.41) is 9.85. The van der Waals surface area contributed by atoms with Gasteiger partial charge in [0, 0.05) is 36.4 Å². The second kappa shape index (κ2) is 6.29. The van der Waals surface area contributed by atoms with Crippen molar-refractivity contribution in [3.05, 3.63) is 38.8 Å². The monoisotopic (exact) mass is 329 g/mol. The number of carbonyl (C=O) groups is 1. The van der Waals surface area contributed by atoms with Crippen molar-refractivity contribution < 1.29 is 14.6 Å². The average molecular weight is 329 g/mol. The fraction of sp³-hybridized carbons (Fsp3) is 0.474. The average Bonchev–Trinajstić information content (AvgIpc) is 2.77. The van der Waals surface area contributed by atoms with Crippen LogP contribution in [-0.4, -0.2) is 27.3 Å². The summed E-state index contributed by atoms with van der Waals surface area (Å²) >= 11 is 0. The normalized spacial score (nSPS) is 13.7. The van der Waals surface area contributed by atoms with Crippen molar-refractivity contribution in [1.29, 1.82) is 0 Å². The van der Waals surface area contributed by atoms with Crippen molar-refractivity contribution in [2.45, 2.75) is 52.7 Å². The minimum atomic E-state index is -1.17. The molecule has 0 aliphatic heterocycles. The number of aromatic nitrogens is 1. The lowest BCUT2D eigenvalue weighted by molar-refractivity contribution is -0.140. The molecule has 1 heterocycles. The molecule has 0 saturated heterocycles. The Balaban J connectivity index is 2.68. The Morgan fingerprint density at radius 1 is 1.42 bits per heavy atom. The minimum Gasteiger partial charge on any atom is -0.459 e. The smallest absolute Gasteiger partial charge is 0.339 e. The number of allylic oxidation sites excluding steroid dienone is 1. The number of esters is 1. The third kappa shape index (κ3) is 3.60. The van der Waals surface area contributed by atoms with Crippen LogP contribution in [0.25, 0.3) is 5.57 Å². The van der Waals surface area contributed by atoms with Gasteiger partial charge in [-0.1, -0.05) is 17.4 Å². The van der Waals surface area contributed by atoms with Gasteiger partial charge in [-0.25, -0.2) is 4.79 Å². The Kier molecular flexibility index (Phi) is 4.73. The Hall–Kier alpha value is -2.32. The van der Waals surface area contributed by atoms with Crippen molar-refractivity contribution in [3.8, 4) is 11.8 Å². The SMILES string of the molecule is CC1=C(C(=O)OC(C)C)c2c(C#CC(C)(C)O)cn(C)c(=O)c2C1. The van der Waals surface area contributed by atoms with Gasteiger partial charge in [-0.15, -0.1) is 0 Å². The molecule has 0 spiro atoms. The van der Waals surface area contributed by atoms with Crippen LogP contribution < -0.4 is 5.56 Å². The molecule has 0 fully saturated rings. The number of rotatable bonds is 2. The zero-order chi connectivity index (χ0) is 18.2.